The van der Waals surface area contributed by atoms with Crippen molar-refractivity contribution in [2.24, 2.45) is 0 Å². The Morgan fingerprint density at radius 3 is 2.56 bits per heavy atom. The van der Waals surface area contributed by atoms with E-state index in [1.807, 2.05) is 0 Å². The average Bonchev–Trinajstić information content (AvgIpc) is 3.52. The molecule has 1 spiro atoms. The first-order valence-electron chi connectivity index (χ1n) is 11.8. The lowest BCUT2D eigenvalue weighted by molar-refractivity contribution is -0.134. The predicted octanol–water partition coefficient (Wildman–Crippen LogP) is 2.97. The van der Waals surface area contributed by atoms with E-state index in [9.17, 15) is 14.4 Å². The van der Waals surface area contributed by atoms with Crippen molar-refractivity contribution < 1.29 is 23.5 Å². The summed E-state index contributed by atoms with van der Waals surface area (Å²) in [6.07, 6.45) is 6.27. The van der Waals surface area contributed by atoms with Crippen LogP contribution >= 0.6 is 0 Å². The number of carbonyl (C=O) groups excluding carboxylic acids is 3. The van der Waals surface area contributed by atoms with Crippen LogP contribution in [0.2, 0.25) is 0 Å². The van der Waals surface area contributed by atoms with E-state index in [0.29, 0.717) is 48.1 Å². The van der Waals surface area contributed by atoms with Gasteiger partial charge in [0.05, 0.1) is 17.5 Å². The van der Waals surface area contributed by atoms with Crippen molar-refractivity contribution in [1.82, 2.24) is 20.2 Å². The molecule has 1 saturated heterocycles. The normalized spacial score (nSPS) is 21.3. The van der Waals surface area contributed by atoms with E-state index in [-0.39, 0.29) is 24.1 Å². The van der Waals surface area contributed by atoms with Gasteiger partial charge in [-0.25, -0.2) is 9.18 Å². The summed E-state index contributed by atoms with van der Waals surface area (Å²) in [4.78, 5) is 47.6. The van der Waals surface area contributed by atoms with Crippen molar-refractivity contribution in [2.45, 2.75) is 30.3 Å². The summed E-state index contributed by atoms with van der Waals surface area (Å²) in [6, 6.07) is 9.92. The number of ether oxygens (including phenoxy) is 1. The molecule has 182 valence electrons. The third-order valence-corrected chi connectivity index (χ3v) is 7.54. The third-order valence-electron chi connectivity index (χ3n) is 7.54. The van der Waals surface area contributed by atoms with E-state index >= 15 is 4.39 Å². The molecule has 0 bridgehead atoms. The highest BCUT2D eigenvalue weighted by molar-refractivity contribution is 5.96. The van der Waals surface area contributed by atoms with Crippen molar-refractivity contribution in [3.8, 4) is 11.1 Å². The van der Waals surface area contributed by atoms with Crippen molar-refractivity contribution in [1.29, 1.82) is 0 Å². The fourth-order valence-electron chi connectivity index (χ4n) is 5.44. The standard InChI is InChI=1S/C27H23FN4O4/c1-29-23(33)22-5-3-17(13-31-22)16-2-4-20(21(28)12-16)26(7-8-26)25(35)32-11-9-27(15-32)19-6-10-30-14-18(19)24(34)36-27/h2-6,10,12-14H,7-9,11,15H2,1H3,(H,29,33). The number of nitrogens with zero attached hydrogens (tertiary/aromatic N) is 3. The number of carbonyl (C=O) groups is 3. The number of esters is 1. The molecule has 8 nitrogen and oxygen atoms in total. The van der Waals surface area contributed by atoms with Gasteiger partial charge in [-0.05, 0) is 36.6 Å². The number of hydrogen-bond donors (Lipinski definition) is 1. The molecule has 1 aliphatic carbocycles. The molecule has 1 N–H and O–H groups in total. The third kappa shape index (κ3) is 3.30. The van der Waals surface area contributed by atoms with Gasteiger partial charge >= 0.3 is 5.97 Å². The Balaban J connectivity index is 1.24. The molecule has 1 aromatic carbocycles. The van der Waals surface area contributed by atoms with E-state index in [1.54, 1.807) is 41.4 Å². The number of rotatable bonds is 4. The number of pyridine rings is 2. The molecule has 2 aliphatic heterocycles. The summed E-state index contributed by atoms with van der Waals surface area (Å²) < 4.78 is 21.1. The van der Waals surface area contributed by atoms with Gasteiger partial charge in [-0.1, -0.05) is 18.2 Å². The number of likely N-dealkylation sites (tertiary alicyclic amines) is 1. The van der Waals surface area contributed by atoms with Crippen LogP contribution in [0.15, 0.2) is 55.0 Å². The van der Waals surface area contributed by atoms with Crippen LogP contribution in [0.5, 0.6) is 0 Å². The molecule has 1 atom stereocenters. The number of hydrogen-bond acceptors (Lipinski definition) is 6. The molecule has 2 aromatic heterocycles. The van der Waals surface area contributed by atoms with Gasteiger partial charge in [0, 0.05) is 55.3 Å². The van der Waals surface area contributed by atoms with Crippen LogP contribution in [0.1, 0.15) is 51.2 Å². The molecule has 3 aromatic rings. The van der Waals surface area contributed by atoms with Crippen LogP contribution in [0.4, 0.5) is 4.39 Å². The van der Waals surface area contributed by atoms with Crippen LogP contribution in [0.25, 0.3) is 11.1 Å². The highest BCUT2D eigenvalue weighted by atomic mass is 19.1. The Hall–Kier alpha value is -4.14. The van der Waals surface area contributed by atoms with E-state index in [4.69, 9.17) is 4.74 Å². The van der Waals surface area contributed by atoms with E-state index < -0.39 is 22.8 Å². The first-order valence-corrected chi connectivity index (χ1v) is 11.8. The Morgan fingerprint density at radius 1 is 1.06 bits per heavy atom. The van der Waals surface area contributed by atoms with Gasteiger partial charge in [0.15, 0.2) is 5.60 Å². The SMILES string of the molecule is CNC(=O)c1ccc(-c2ccc(C3(C(=O)N4CCC5(C4)OC(=O)c4cnccc45)CC3)c(F)c2)cn1. The highest BCUT2D eigenvalue weighted by Gasteiger charge is 2.58. The quantitative estimate of drug-likeness (QED) is 0.569. The second-order valence-electron chi connectivity index (χ2n) is 9.57. The fourth-order valence-corrected chi connectivity index (χ4v) is 5.44. The molecule has 1 unspecified atom stereocenters. The van der Waals surface area contributed by atoms with Gasteiger partial charge in [0.2, 0.25) is 5.91 Å². The fraction of sp³-hybridized carbons (Fsp3) is 0.296. The summed E-state index contributed by atoms with van der Waals surface area (Å²) in [7, 11) is 1.53. The van der Waals surface area contributed by atoms with Gasteiger partial charge in [-0.15, -0.1) is 0 Å². The molecule has 6 rings (SSSR count). The zero-order valence-corrected chi connectivity index (χ0v) is 19.6. The Morgan fingerprint density at radius 2 is 1.86 bits per heavy atom. The molecule has 1 saturated carbocycles. The predicted molar refractivity (Wildman–Crippen MR) is 126 cm³/mol. The smallest absolute Gasteiger partial charge is 0.341 e. The monoisotopic (exact) mass is 486 g/mol. The Kier molecular flexibility index (Phi) is 4.93. The van der Waals surface area contributed by atoms with Gasteiger partial charge in [0.25, 0.3) is 5.91 Å². The maximum Gasteiger partial charge on any atom is 0.341 e. The van der Waals surface area contributed by atoms with Crippen LogP contribution in [-0.2, 0) is 20.5 Å². The summed E-state index contributed by atoms with van der Waals surface area (Å²) in [6.45, 7) is 0.679. The lowest BCUT2D eigenvalue weighted by atomic mass is 9.91. The number of fused-ring (bicyclic) bond motifs is 2. The van der Waals surface area contributed by atoms with Gasteiger partial charge in [-0.2, -0.15) is 0 Å². The zero-order chi connectivity index (χ0) is 25.1. The number of aromatic nitrogens is 2. The molecule has 9 heteroatoms. The first kappa shape index (κ1) is 22.3. The number of nitrogens with one attached hydrogen (secondary N) is 1. The Bertz CT molecular complexity index is 1420. The minimum atomic E-state index is -0.904. The lowest BCUT2D eigenvalue weighted by Gasteiger charge is -2.27. The summed E-state index contributed by atoms with van der Waals surface area (Å²) in [5.74, 6) is -1.31. The maximum atomic E-state index is 15.4. The van der Waals surface area contributed by atoms with E-state index in [2.05, 4.69) is 15.3 Å². The van der Waals surface area contributed by atoms with Crippen molar-refractivity contribution in [3.63, 3.8) is 0 Å². The van der Waals surface area contributed by atoms with Crippen molar-refractivity contribution in [3.05, 3.63) is 83.2 Å². The minimum absolute atomic E-state index is 0.138. The maximum absolute atomic E-state index is 15.4. The number of amides is 2. The van der Waals surface area contributed by atoms with Crippen molar-refractivity contribution >= 4 is 17.8 Å². The minimum Gasteiger partial charge on any atom is -0.449 e. The molecule has 36 heavy (non-hydrogen) atoms. The second-order valence-corrected chi connectivity index (χ2v) is 9.57. The molecule has 2 amide bonds. The second kappa shape index (κ2) is 7.94. The van der Waals surface area contributed by atoms with Crippen LogP contribution < -0.4 is 5.32 Å². The molecule has 2 fully saturated rings. The first-order chi connectivity index (χ1) is 17.4. The van der Waals surface area contributed by atoms with E-state index in [1.165, 1.54) is 25.5 Å². The molecular weight excluding hydrogens is 463 g/mol. The largest absolute Gasteiger partial charge is 0.449 e. The van der Waals surface area contributed by atoms with Gasteiger partial charge in [-0.3, -0.25) is 19.6 Å². The molecular formula is C27H23FN4O4. The van der Waals surface area contributed by atoms with Crippen molar-refractivity contribution in [2.75, 3.05) is 20.1 Å². The highest BCUT2D eigenvalue weighted by Crippen LogP contribution is 2.52. The zero-order valence-electron chi connectivity index (χ0n) is 19.6. The Labute approximate surface area is 206 Å². The number of benzene rings is 1. The van der Waals surface area contributed by atoms with Crippen LogP contribution in [0, 0.1) is 5.82 Å². The van der Waals surface area contributed by atoms with Crippen LogP contribution in [0.3, 0.4) is 0 Å². The molecule has 0 radical (unpaired) electrons. The summed E-state index contributed by atoms with van der Waals surface area (Å²) in [5.41, 5.74) is 1.36. The number of halogens is 1. The lowest BCUT2D eigenvalue weighted by Crippen LogP contribution is -2.40. The van der Waals surface area contributed by atoms with Gasteiger partial charge in [0.1, 0.15) is 11.5 Å². The average molecular weight is 487 g/mol. The van der Waals surface area contributed by atoms with Crippen LogP contribution in [-0.4, -0.2) is 52.8 Å². The topological polar surface area (TPSA) is 101 Å². The van der Waals surface area contributed by atoms with Gasteiger partial charge < -0.3 is 15.0 Å². The molecule has 4 heterocycles. The van der Waals surface area contributed by atoms with E-state index in [0.717, 1.165) is 5.56 Å². The molecule has 3 aliphatic rings. The summed E-state index contributed by atoms with van der Waals surface area (Å²) >= 11 is 0. The summed E-state index contributed by atoms with van der Waals surface area (Å²) in [5, 5.41) is 2.51.